The molecule has 2 heterocycles. The van der Waals surface area contributed by atoms with Crippen LogP contribution in [0.5, 0.6) is 11.5 Å². The highest BCUT2D eigenvalue weighted by Crippen LogP contribution is 2.30. The highest BCUT2D eigenvalue weighted by atomic mass is 16.5. The Kier molecular flexibility index (Phi) is 8.06. The van der Waals surface area contributed by atoms with Gasteiger partial charge in [0.1, 0.15) is 24.7 Å². The minimum atomic E-state index is 0.113. The van der Waals surface area contributed by atoms with E-state index in [-0.39, 0.29) is 13.5 Å². The largest absolute Gasteiger partial charge is 0.488 e. The molecule has 0 spiro atoms. The molecule has 2 aliphatic rings. The number of para-hydroxylation sites is 4. The van der Waals surface area contributed by atoms with Gasteiger partial charge in [-0.15, -0.1) is 0 Å². The zero-order valence-electron chi connectivity index (χ0n) is 18.6. The maximum Gasteiger partial charge on any atom is 0.142 e. The molecule has 0 amide bonds. The van der Waals surface area contributed by atoms with Crippen LogP contribution in [0.3, 0.4) is 0 Å². The van der Waals surface area contributed by atoms with Crippen molar-refractivity contribution >= 4 is 11.4 Å². The molecule has 0 atom stereocenters. The van der Waals surface area contributed by atoms with Crippen molar-refractivity contribution in [2.24, 2.45) is 0 Å². The molecule has 0 aromatic heterocycles. The van der Waals surface area contributed by atoms with E-state index in [4.69, 9.17) is 9.47 Å². The molecular weight excluding hydrogens is 408 g/mol. The quantitative estimate of drug-likeness (QED) is 0.563. The van der Waals surface area contributed by atoms with Crippen molar-refractivity contribution < 1.29 is 19.7 Å². The fourth-order valence-corrected chi connectivity index (χ4v) is 4.24. The Balaban J connectivity index is 1.30. The summed E-state index contributed by atoms with van der Waals surface area (Å²) in [5, 5.41) is 18.6. The fraction of sp³-hybridized carbons (Fsp3) is 0.500. The molecular formula is C24H34N4O4. The summed E-state index contributed by atoms with van der Waals surface area (Å²) in [5.74, 6) is 1.73. The van der Waals surface area contributed by atoms with Gasteiger partial charge in [0.05, 0.1) is 24.8 Å². The number of nitrogens with zero attached hydrogens (tertiary/aromatic N) is 4. The minimum absolute atomic E-state index is 0.113. The topological polar surface area (TPSA) is 71.9 Å². The van der Waals surface area contributed by atoms with Crippen LogP contribution in [-0.4, -0.2) is 99.0 Å². The van der Waals surface area contributed by atoms with E-state index in [1.807, 2.05) is 46.2 Å². The normalized spacial score (nSPS) is 18.1. The first-order chi connectivity index (χ1) is 15.8. The molecule has 2 saturated heterocycles. The highest BCUT2D eigenvalue weighted by Gasteiger charge is 2.20. The van der Waals surface area contributed by atoms with Gasteiger partial charge in [-0.05, 0) is 24.3 Å². The van der Waals surface area contributed by atoms with Gasteiger partial charge in [-0.3, -0.25) is 9.80 Å². The lowest BCUT2D eigenvalue weighted by Crippen LogP contribution is -2.46. The summed E-state index contributed by atoms with van der Waals surface area (Å²) in [4.78, 5) is 8.69. The average Bonchev–Trinajstić information content (AvgIpc) is 2.87. The number of rotatable bonds is 9. The highest BCUT2D eigenvalue weighted by molar-refractivity contribution is 5.59. The van der Waals surface area contributed by atoms with Crippen LogP contribution in [-0.2, 0) is 0 Å². The van der Waals surface area contributed by atoms with Crippen molar-refractivity contribution in [3.8, 4) is 11.5 Å². The van der Waals surface area contributed by atoms with Crippen molar-refractivity contribution in [2.45, 2.75) is 0 Å². The van der Waals surface area contributed by atoms with Crippen LogP contribution in [0.4, 0.5) is 11.4 Å². The lowest BCUT2D eigenvalue weighted by molar-refractivity contribution is 0.101. The molecule has 8 heteroatoms. The van der Waals surface area contributed by atoms with Gasteiger partial charge in [-0.1, -0.05) is 24.3 Å². The van der Waals surface area contributed by atoms with E-state index in [0.717, 1.165) is 75.2 Å². The molecule has 2 aromatic carbocycles. The standard InChI is InChI=1S/C24H34N4O4/c29-19-25-9-13-27(14-10-25)21-5-1-3-7-23(21)31-17-18-32-24-8-4-2-6-22(24)28-15-11-26(20-30)12-16-28/h1-8,29-30H,9-20H2. The summed E-state index contributed by atoms with van der Waals surface area (Å²) in [6.07, 6.45) is 0. The number of hydrogen-bond donors (Lipinski definition) is 2. The summed E-state index contributed by atoms with van der Waals surface area (Å²) < 4.78 is 12.2. The zero-order valence-corrected chi connectivity index (χ0v) is 18.6. The zero-order chi connectivity index (χ0) is 22.2. The second-order valence-corrected chi connectivity index (χ2v) is 8.13. The minimum Gasteiger partial charge on any atom is -0.488 e. The summed E-state index contributed by atoms with van der Waals surface area (Å²) in [6.45, 7) is 8.00. The van der Waals surface area contributed by atoms with Gasteiger partial charge in [0.15, 0.2) is 0 Å². The van der Waals surface area contributed by atoms with E-state index in [1.165, 1.54) is 0 Å². The summed E-state index contributed by atoms with van der Waals surface area (Å²) in [5.41, 5.74) is 2.18. The van der Waals surface area contributed by atoms with Gasteiger partial charge in [0.25, 0.3) is 0 Å². The Labute approximate surface area is 190 Å². The molecule has 0 bridgehead atoms. The van der Waals surface area contributed by atoms with E-state index in [9.17, 15) is 10.2 Å². The molecule has 0 radical (unpaired) electrons. The maximum atomic E-state index is 9.32. The maximum absolute atomic E-state index is 9.32. The first kappa shape index (κ1) is 22.7. The Bertz CT molecular complexity index is 767. The van der Waals surface area contributed by atoms with Crippen LogP contribution >= 0.6 is 0 Å². The predicted octanol–water partition coefficient (Wildman–Crippen LogP) is 1.29. The van der Waals surface area contributed by atoms with Gasteiger partial charge in [-0.25, -0.2) is 0 Å². The average molecular weight is 443 g/mol. The summed E-state index contributed by atoms with van der Waals surface area (Å²) >= 11 is 0. The van der Waals surface area contributed by atoms with E-state index < -0.39 is 0 Å². The monoisotopic (exact) mass is 442 g/mol. The van der Waals surface area contributed by atoms with Gasteiger partial charge in [-0.2, -0.15) is 0 Å². The molecule has 4 rings (SSSR count). The van der Waals surface area contributed by atoms with Gasteiger partial charge in [0.2, 0.25) is 0 Å². The van der Waals surface area contributed by atoms with E-state index >= 15 is 0 Å². The van der Waals surface area contributed by atoms with Crippen molar-refractivity contribution in [3.05, 3.63) is 48.5 Å². The van der Waals surface area contributed by atoms with E-state index in [0.29, 0.717) is 13.2 Å². The second kappa shape index (κ2) is 11.4. The third-order valence-corrected chi connectivity index (χ3v) is 6.15. The number of hydrogen-bond acceptors (Lipinski definition) is 8. The Hall–Kier alpha value is -2.52. The predicted molar refractivity (Wildman–Crippen MR) is 126 cm³/mol. The summed E-state index contributed by atoms with van der Waals surface area (Å²) in [6, 6.07) is 16.2. The molecule has 0 saturated carbocycles. The lowest BCUT2D eigenvalue weighted by atomic mass is 10.2. The van der Waals surface area contributed by atoms with E-state index in [1.54, 1.807) is 0 Å². The lowest BCUT2D eigenvalue weighted by Gasteiger charge is -2.36. The number of ether oxygens (including phenoxy) is 2. The summed E-state index contributed by atoms with van der Waals surface area (Å²) in [7, 11) is 0. The molecule has 2 aromatic rings. The first-order valence-corrected chi connectivity index (χ1v) is 11.4. The van der Waals surface area contributed by atoms with Crippen LogP contribution in [0, 0.1) is 0 Å². The molecule has 2 N–H and O–H groups in total. The third-order valence-electron chi connectivity index (χ3n) is 6.15. The smallest absolute Gasteiger partial charge is 0.142 e. The van der Waals surface area contributed by atoms with Gasteiger partial charge >= 0.3 is 0 Å². The molecule has 0 unspecified atom stereocenters. The first-order valence-electron chi connectivity index (χ1n) is 11.4. The van der Waals surface area contributed by atoms with Crippen molar-refractivity contribution in [1.29, 1.82) is 0 Å². The van der Waals surface area contributed by atoms with Crippen LogP contribution in [0.25, 0.3) is 0 Å². The fourth-order valence-electron chi connectivity index (χ4n) is 4.24. The molecule has 0 aliphatic carbocycles. The molecule has 32 heavy (non-hydrogen) atoms. The SMILES string of the molecule is OCN1CCN(c2ccccc2OCCOc2ccccc2N2CCN(CO)CC2)CC1. The van der Waals surface area contributed by atoms with Crippen molar-refractivity contribution in [3.63, 3.8) is 0 Å². The van der Waals surface area contributed by atoms with Crippen LogP contribution in [0.15, 0.2) is 48.5 Å². The van der Waals surface area contributed by atoms with Crippen molar-refractivity contribution in [2.75, 3.05) is 88.8 Å². The molecule has 8 nitrogen and oxygen atoms in total. The van der Waals surface area contributed by atoms with Gasteiger partial charge in [0, 0.05) is 52.4 Å². The number of aliphatic hydroxyl groups is 2. The second-order valence-electron chi connectivity index (χ2n) is 8.13. The Morgan fingerprint density at radius 1 is 0.562 bits per heavy atom. The Morgan fingerprint density at radius 3 is 1.31 bits per heavy atom. The molecule has 2 aliphatic heterocycles. The number of piperazine rings is 2. The number of benzene rings is 2. The Morgan fingerprint density at radius 2 is 0.938 bits per heavy atom. The molecule has 2 fully saturated rings. The van der Waals surface area contributed by atoms with Crippen LogP contribution < -0.4 is 19.3 Å². The van der Waals surface area contributed by atoms with Gasteiger partial charge < -0.3 is 29.5 Å². The van der Waals surface area contributed by atoms with Crippen LogP contribution in [0.1, 0.15) is 0 Å². The van der Waals surface area contributed by atoms with Crippen LogP contribution in [0.2, 0.25) is 0 Å². The van der Waals surface area contributed by atoms with Crippen molar-refractivity contribution in [1.82, 2.24) is 9.80 Å². The number of aliphatic hydroxyl groups excluding tert-OH is 2. The third kappa shape index (κ3) is 5.63. The number of anilines is 2. The molecule has 174 valence electrons. The van der Waals surface area contributed by atoms with E-state index in [2.05, 4.69) is 21.9 Å².